The fraction of sp³-hybridized carbons (Fsp3) is 0.0870. The number of fused-ring (bicyclic) bond motifs is 1. The van der Waals surface area contributed by atoms with Crippen LogP contribution in [0, 0.1) is 0 Å². The van der Waals surface area contributed by atoms with E-state index in [1.165, 1.54) is 18.2 Å². The molecule has 4 nitrogen and oxygen atoms in total. The number of nitrogens with one attached hydrogen (secondary N) is 2. The second kappa shape index (κ2) is 7.55. The van der Waals surface area contributed by atoms with E-state index in [9.17, 15) is 13.2 Å². The van der Waals surface area contributed by atoms with Gasteiger partial charge in [-0.3, -0.25) is 15.4 Å². The van der Waals surface area contributed by atoms with Crippen LogP contribution >= 0.6 is 23.2 Å². The first-order valence-corrected chi connectivity index (χ1v) is 10.3. The van der Waals surface area contributed by atoms with Crippen molar-refractivity contribution in [3.63, 3.8) is 0 Å². The van der Waals surface area contributed by atoms with Crippen LogP contribution in [-0.2, 0) is 10.4 Å². The fourth-order valence-corrected chi connectivity index (χ4v) is 4.45. The SMILES string of the molecule is FC(F)(F)C1(c2cc(Cl)cc(Cl)c2)C=C(c2ccc(-c3cn[nH]c3)c3ccccc23)NO1. The number of H-pyrrole nitrogens is 1. The van der Waals surface area contributed by atoms with Crippen molar-refractivity contribution in [2.75, 3.05) is 0 Å². The molecular formula is C23H14Cl2F3N3O. The minimum atomic E-state index is -4.78. The van der Waals surface area contributed by atoms with Gasteiger partial charge in [0.1, 0.15) is 0 Å². The molecule has 0 radical (unpaired) electrons. The zero-order chi connectivity index (χ0) is 22.5. The maximum absolute atomic E-state index is 14.3. The van der Waals surface area contributed by atoms with Gasteiger partial charge in [-0.2, -0.15) is 18.3 Å². The molecule has 0 bridgehead atoms. The topological polar surface area (TPSA) is 49.9 Å². The number of halogens is 5. The van der Waals surface area contributed by atoms with Crippen LogP contribution in [0.25, 0.3) is 27.6 Å². The predicted octanol–water partition coefficient (Wildman–Crippen LogP) is 6.87. The third-order valence-corrected chi connectivity index (χ3v) is 5.84. The van der Waals surface area contributed by atoms with Gasteiger partial charge < -0.3 is 0 Å². The summed E-state index contributed by atoms with van der Waals surface area (Å²) in [4.78, 5) is 5.22. The molecule has 1 aliphatic rings. The van der Waals surface area contributed by atoms with E-state index in [1.807, 2.05) is 30.3 Å². The summed E-state index contributed by atoms with van der Waals surface area (Å²) in [7, 11) is 0. The maximum Gasteiger partial charge on any atom is 0.428 e. The van der Waals surface area contributed by atoms with Crippen LogP contribution in [0.4, 0.5) is 13.2 Å². The monoisotopic (exact) mass is 475 g/mol. The van der Waals surface area contributed by atoms with Gasteiger partial charge in [-0.25, -0.2) is 0 Å². The Kier molecular flexibility index (Phi) is 4.93. The highest BCUT2D eigenvalue weighted by atomic mass is 35.5. The predicted molar refractivity (Wildman–Crippen MR) is 118 cm³/mol. The molecule has 0 amide bonds. The van der Waals surface area contributed by atoms with Gasteiger partial charge in [0.05, 0.1) is 11.9 Å². The van der Waals surface area contributed by atoms with E-state index in [4.69, 9.17) is 28.0 Å². The van der Waals surface area contributed by atoms with E-state index >= 15 is 0 Å². The van der Waals surface area contributed by atoms with Crippen LogP contribution in [0.15, 0.2) is 73.1 Å². The molecule has 162 valence electrons. The van der Waals surface area contributed by atoms with Gasteiger partial charge in [0, 0.05) is 32.9 Å². The Balaban J connectivity index is 1.70. The zero-order valence-electron chi connectivity index (χ0n) is 16.2. The lowest BCUT2D eigenvalue weighted by Gasteiger charge is -2.28. The average Bonchev–Trinajstić information content (AvgIpc) is 3.43. The average molecular weight is 476 g/mol. The lowest BCUT2D eigenvalue weighted by Crippen LogP contribution is -2.42. The largest absolute Gasteiger partial charge is 0.428 e. The van der Waals surface area contributed by atoms with E-state index in [2.05, 4.69) is 15.7 Å². The molecule has 9 heteroatoms. The molecule has 0 fully saturated rings. The van der Waals surface area contributed by atoms with Gasteiger partial charge >= 0.3 is 6.18 Å². The lowest BCUT2D eigenvalue weighted by molar-refractivity contribution is -0.269. The summed E-state index contributed by atoms with van der Waals surface area (Å²) in [6.45, 7) is 0. The molecule has 0 saturated heterocycles. The summed E-state index contributed by atoms with van der Waals surface area (Å²) in [5.74, 6) is 0. The van der Waals surface area contributed by atoms with Crippen molar-refractivity contribution >= 4 is 39.7 Å². The van der Waals surface area contributed by atoms with Crippen LogP contribution in [0.3, 0.4) is 0 Å². The van der Waals surface area contributed by atoms with E-state index in [0.717, 1.165) is 28.0 Å². The van der Waals surface area contributed by atoms with E-state index in [-0.39, 0.29) is 21.3 Å². The first-order valence-electron chi connectivity index (χ1n) is 9.50. The Morgan fingerprint density at radius 1 is 0.906 bits per heavy atom. The zero-order valence-corrected chi connectivity index (χ0v) is 17.7. The van der Waals surface area contributed by atoms with Crippen LogP contribution in [0.5, 0.6) is 0 Å². The molecule has 32 heavy (non-hydrogen) atoms. The van der Waals surface area contributed by atoms with Crippen molar-refractivity contribution in [1.29, 1.82) is 0 Å². The summed E-state index contributed by atoms with van der Waals surface area (Å²) < 4.78 is 42.9. The summed E-state index contributed by atoms with van der Waals surface area (Å²) in [6.07, 6.45) is -0.305. The maximum atomic E-state index is 14.3. The van der Waals surface area contributed by atoms with Gasteiger partial charge in [-0.05, 0) is 40.6 Å². The summed E-state index contributed by atoms with van der Waals surface area (Å²) in [6, 6.07) is 14.8. The van der Waals surface area contributed by atoms with Gasteiger partial charge in [-0.15, -0.1) is 0 Å². The molecule has 2 N–H and O–H groups in total. The number of hydroxylamine groups is 1. The molecule has 5 rings (SSSR count). The third-order valence-electron chi connectivity index (χ3n) is 5.41. The number of nitrogens with zero attached hydrogens (tertiary/aromatic N) is 1. The van der Waals surface area contributed by atoms with Gasteiger partial charge in [0.15, 0.2) is 0 Å². The minimum absolute atomic E-state index is 0.0801. The molecule has 0 spiro atoms. The Bertz CT molecular complexity index is 1330. The summed E-state index contributed by atoms with van der Waals surface area (Å²) >= 11 is 12.0. The molecule has 4 aromatic rings. The van der Waals surface area contributed by atoms with E-state index in [1.54, 1.807) is 18.5 Å². The Morgan fingerprint density at radius 3 is 2.19 bits per heavy atom. The molecular weight excluding hydrogens is 462 g/mol. The normalized spacial score (nSPS) is 18.6. The fourth-order valence-electron chi connectivity index (χ4n) is 3.93. The standard InChI is InChI=1S/C23H14Cl2F3N3O/c24-15-7-14(8-16(25)9-15)22(23(26,27)28)10-21(31-32-22)20-6-5-17(13-11-29-30-12-13)18-3-1-2-4-19(18)20/h1-12,31H,(H,29,30). The highest BCUT2D eigenvalue weighted by molar-refractivity contribution is 6.34. The van der Waals surface area contributed by atoms with Crippen molar-refractivity contribution in [2.24, 2.45) is 0 Å². The van der Waals surface area contributed by atoms with Crippen LogP contribution in [0.2, 0.25) is 10.0 Å². The third kappa shape index (κ3) is 3.33. The van der Waals surface area contributed by atoms with Crippen LogP contribution in [0.1, 0.15) is 11.1 Å². The number of aromatic amines is 1. The summed E-state index contributed by atoms with van der Waals surface area (Å²) in [5.41, 5.74) is 2.05. The minimum Gasteiger partial charge on any atom is -0.285 e. The number of hydrogen-bond donors (Lipinski definition) is 2. The molecule has 2 heterocycles. The van der Waals surface area contributed by atoms with Gasteiger partial charge in [0.2, 0.25) is 5.60 Å². The number of alkyl halides is 3. The van der Waals surface area contributed by atoms with E-state index < -0.39 is 11.8 Å². The lowest BCUT2D eigenvalue weighted by atomic mass is 9.90. The second-order valence-corrected chi connectivity index (χ2v) is 8.22. The Labute approximate surface area is 190 Å². The highest BCUT2D eigenvalue weighted by Gasteiger charge is 2.59. The first-order chi connectivity index (χ1) is 15.3. The van der Waals surface area contributed by atoms with Crippen molar-refractivity contribution in [2.45, 2.75) is 11.8 Å². The van der Waals surface area contributed by atoms with Crippen molar-refractivity contribution in [3.05, 3.63) is 94.2 Å². The smallest absolute Gasteiger partial charge is 0.285 e. The van der Waals surface area contributed by atoms with Crippen LogP contribution < -0.4 is 5.48 Å². The quantitative estimate of drug-likeness (QED) is 0.339. The van der Waals surface area contributed by atoms with Gasteiger partial charge in [-0.1, -0.05) is 59.6 Å². The first kappa shape index (κ1) is 20.9. The molecule has 3 aromatic carbocycles. The Hall–Kier alpha value is -3.00. The van der Waals surface area contributed by atoms with Crippen LogP contribution in [-0.4, -0.2) is 16.4 Å². The molecule has 1 aromatic heterocycles. The highest BCUT2D eigenvalue weighted by Crippen LogP contribution is 2.49. The molecule has 1 unspecified atom stereocenters. The number of benzene rings is 3. The summed E-state index contributed by atoms with van der Waals surface area (Å²) in [5, 5.41) is 8.55. The van der Waals surface area contributed by atoms with Crippen molar-refractivity contribution in [1.82, 2.24) is 15.7 Å². The molecule has 1 atom stereocenters. The second-order valence-electron chi connectivity index (χ2n) is 7.35. The molecule has 0 aliphatic carbocycles. The number of rotatable bonds is 3. The molecule has 0 saturated carbocycles. The van der Waals surface area contributed by atoms with Crippen molar-refractivity contribution in [3.8, 4) is 11.1 Å². The van der Waals surface area contributed by atoms with Gasteiger partial charge in [0.25, 0.3) is 0 Å². The van der Waals surface area contributed by atoms with E-state index in [0.29, 0.717) is 5.56 Å². The Morgan fingerprint density at radius 2 is 1.56 bits per heavy atom. The number of hydrogen-bond acceptors (Lipinski definition) is 3. The molecule has 1 aliphatic heterocycles. The number of aromatic nitrogens is 2. The van der Waals surface area contributed by atoms with Crippen molar-refractivity contribution < 1.29 is 18.0 Å².